The zero-order valence-electron chi connectivity index (χ0n) is 28.0. The van der Waals surface area contributed by atoms with Crippen LogP contribution < -0.4 is 15.8 Å². The molecule has 10 nitrogen and oxygen atoms in total. The highest BCUT2D eigenvalue weighted by Crippen LogP contribution is 2.31. The minimum absolute atomic E-state index is 0.250. The van der Waals surface area contributed by atoms with Crippen molar-refractivity contribution in [3.05, 3.63) is 49.1 Å². The topological polar surface area (TPSA) is 143 Å². The van der Waals surface area contributed by atoms with Gasteiger partial charge in [0.2, 0.25) is 6.41 Å². The molecule has 2 saturated carbocycles. The Hall–Kier alpha value is -3.82. The van der Waals surface area contributed by atoms with E-state index in [4.69, 9.17) is 23.7 Å². The molecule has 0 aliphatic heterocycles. The second kappa shape index (κ2) is 25.5. The Balaban J connectivity index is 0.00000256. The summed E-state index contributed by atoms with van der Waals surface area (Å²) in [6.07, 6.45) is 10.0. The molecule has 2 amide bonds. The first-order chi connectivity index (χ1) is 21.8. The fourth-order valence-electron chi connectivity index (χ4n) is 5.03. The van der Waals surface area contributed by atoms with E-state index >= 15 is 0 Å². The molecule has 0 unspecified atom stereocenters. The van der Waals surface area contributed by atoms with Gasteiger partial charge in [0.05, 0.1) is 32.1 Å². The monoisotopic (exact) mass is 632 g/mol. The van der Waals surface area contributed by atoms with Crippen molar-refractivity contribution in [3.8, 4) is 5.75 Å². The third kappa shape index (κ3) is 17.9. The zero-order chi connectivity index (χ0) is 34.0. The summed E-state index contributed by atoms with van der Waals surface area (Å²) in [5, 5.41) is 2.85. The van der Waals surface area contributed by atoms with E-state index in [9.17, 15) is 14.4 Å². The van der Waals surface area contributed by atoms with Gasteiger partial charge in [-0.05, 0) is 93.6 Å². The molecule has 3 N–H and O–H groups in total. The van der Waals surface area contributed by atoms with E-state index in [2.05, 4.69) is 24.2 Å². The largest absolute Gasteiger partial charge is 0.493 e. The summed E-state index contributed by atoms with van der Waals surface area (Å²) >= 11 is 0. The minimum Gasteiger partial charge on any atom is -0.493 e. The summed E-state index contributed by atoms with van der Waals surface area (Å²) in [5.74, 6) is 1.48. The third-order valence-electron chi connectivity index (χ3n) is 7.57. The van der Waals surface area contributed by atoms with Crippen LogP contribution in [0.15, 0.2) is 43.5 Å². The molecule has 1 aromatic carbocycles. The van der Waals surface area contributed by atoms with Gasteiger partial charge in [-0.3, -0.25) is 10.1 Å². The number of carbonyl (C=O) groups excluding carboxylic acids is 4. The van der Waals surface area contributed by atoms with Gasteiger partial charge in [-0.2, -0.15) is 0 Å². The summed E-state index contributed by atoms with van der Waals surface area (Å²) in [5.41, 5.74) is 5.77. The first-order valence-corrected chi connectivity index (χ1v) is 16.2. The van der Waals surface area contributed by atoms with Gasteiger partial charge in [-0.15, -0.1) is 0 Å². The highest BCUT2D eigenvalue weighted by atomic mass is 16.6. The first kappa shape index (κ1) is 41.2. The number of aryl methyl sites for hydroxylation is 1. The third-order valence-corrected chi connectivity index (χ3v) is 7.57. The molecule has 0 heterocycles. The predicted octanol–water partition coefficient (Wildman–Crippen LogP) is 7.15. The summed E-state index contributed by atoms with van der Waals surface area (Å²) in [6.45, 7) is 18.6. The number of amides is 2. The maximum Gasteiger partial charge on any atom is 0.411 e. The molecule has 0 atom stereocenters. The van der Waals surface area contributed by atoms with Crippen LogP contribution in [0.3, 0.4) is 0 Å². The summed E-state index contributed by atoms with van der Waals surface area (Å²) < 4.78 is 21.9. The maximum absolute atomic E-state index is 12.5. The van der Waals surface area contributed by atoms with Crippen LogP contribution in [-0.2, 0) is 28.6 Å². The number of nitrogens with two attached hydrogens (primary N) is 1. The molecule has 2 aliphatic rings. The van der Waals surface area contributed by atoms with Gasteiger partial charge in [0.25, 0.3) is 0 Å². The molecule has 0 radical (unpaired) electrons. The fraction of sp³-hybridized carbons (Fsp3) is 0.600. The lowest BCUT2D eigenvalue weighted by molar-refractivity contribution is -0.140. The van der Waals surface area contributed by atoms with Crippen molar-refractivity contribution in [2.24, 2.45) is 29.4 Å². The number of rotatable bonds is 12. The van der Waals surface area contributed by atoms with E-state index < -0.39 is 6.09 Å². The molecule has 2 fully saturated rings. The van der Waals surface area contributed by atoms with Crippen LogP contribution in [0.1, 0.15) is 84.6 Å². The molecule has 2 aliphatic carbocycles. The molecule has 45 heavy (non-hydrogen) atoms. The number of esters is 2. The van der Waals surface area contributed by atoms with Crippen LogP contribution in [0.4, 0.5) is 10.5 Å². The van der Waals surface area contributed by atoms with E-state index in [-0.39, 0.29) is 18.3 Å². The standard InChI is InChI=1S/C30H41NO7.2C2H6.CH3NO/c1-4-28(32)36-18-23-9-7-22(8-10-23)17-35-26-15-6-21(3)27(16-26)31-30(34)38-20-25-13-11-24(12-14-25)19-37-29(33)5-2;2*1-2;2-1-3/h4-6,15-16,22-25H,1-2,7-14,17-20H2,3H3,(H,31,34);2*1-2H3;1H,(H2,2,3). The summed E-state index contributed by atoms with van der Waals surface area (Å²) in [6, 6.07) is 5.68. The highest BCUT2D eigenvalue weighted by molar-refractivity contribution is 5.86. The molecular formula is C35H56N2O8. The van der Waals surface area contributed by atoms with Crippen molar-refractivity contribution >= 4 is 30.1 Å². The van der Waals surface area contributed by atoms with Crippen LogP contribution >= 0.6 is 0 Å². The lowest BCUT2D eigenvalue weighted by atomic mass is 9.83. The number of hydrogen-bond acceptors (Lipinski definition) is 8. The first-order valence-electron chi connectivity index (χ1n) is 16.2. The average molecular weight is 633 g/mol. The Morgan fingerprint density at radius 3 is 1.53 bits per heavy atom. The van der Waals surface area contributed by atoms with Crippen LogP contribution in [-0.4, -0.2) is 50.9 Å². The second-order valence-corrected chi connectivity index (χ2v) is 10.6. The Morgan fingerprint density at radius 2 is 1.13 bits per heavy atom. The molecule has 0 bridgehead atoms. The fourth-order valence-corrected chi connectivity index (χ4v) is 5.03. The van der Waals surface area contributed by atoms with Crippen molar-refractivity contribution in [1.82, 2.24) is 0 Å². The lowest BCUT2D eigenvalue weighted by Crippen LogP contribution is -2.25. The van der Waals surface area contributed by atoms with E-state index in [1.54, 1.807) is 0 Å². The smallest absolute Gasteiger partial charge is 0.411 e. The van der Waals surface area contributed by atoms with Crippen molar-refractivity contribution < 1.29 is 38.1 Å². The van der Waals surface area contributed by atoms with E-state index in [0.717, 1.165) is 56.9 Å². The summed E-state index contributed by atoms with van der Waals surface area (Å²) in [4.78, 5) is 43.5. The van der Waals surface area contributed by atoms with Gasteiger partial charge in [0.1, 0.15) is 5.75 Å². The van der Waals surface area contributed by atoms with Crippen molar-refractivity contribution in [1.29, 1.82) is 0 Å². The number of anilines is 1. The molecule has 0 saturated heterocycles. The van der Waals surface area contributed by atoms with Gasteiger partial charge in [0.15, 0.2) is 0 Å². The second-order valence-electron chi connectivity index (χ2n) is 10.6. The molecule has 1 aromatic rings. The number of carbonyl (C=O) groups is 4. The molecule has 254 valence electrons. The van der Waals surface area contributed by atoms with Gasteiger partial charge >= 0.3 is 18.0 Å². The molecule has 0 aromatic heterocycles. The van der Waals surface area contributed by atoms with Gasteiger partial charge in [-0.25, -0.2) is 14.4 Å². The predicted molar refractivity (Wildman–Crippen MR) is 178 cm³/mol. The normalized spacial score (nSPS) is 19.9. The molecule has 0 spiro atoms. The number of benzene rings is 1. The SMILES string of the molecule is C=CC(=O)OCC1CCC(COC(=O)Nc2cc(OCC3CCC(COC(=O)C=C)CC3)ccc2C)CC1.CC.CC.NC=O. The van der Waals surface area contributed by atoms with Crippen molar-refractivity contribution in [3.63, 3.8) is 0 Å². The van der Waals surface area contributed by atoms with Crippen molar-refractivity contribution in [2.75, 3.05) is 31.7 Å². The Morgan fingerprint density at radius 1 is 0.756 bits per heavy atom. The van der Waals surface area contributed by atoms with Gasteiger partial charge in [0, 0.05) is 18.2 Å². The average Bonchev–Trinajstić information content (AvgIpc) is 3.08. The lowest BCUT2D eigenvalue weighted by Gasteiger charge is -2.28. The van der Waals surface area contributed by atoms with E-state index in [1.807, 2.05) is 52.8 Å². The van der Waals surface area contributed by atoms with Crippen LogP contribution in [0.2, 0.25) is 0 Å². The zero-order valence-corrected chi connectivity index (χ0v) is 28.0. The van der Waals surface area contributed by atoms with Crippen LogP contribution in [0.5, 0.6) is 5.75 Å². The van der Waals surface area contributed by atoms with E-state index in [1.165, 1.54) is 12.2 Å². The highest BCUT2D eigenvalue weighted by Gasteiger charge is 2.24. The minimum atomic E-state index is -0.470. The molecule has 10 heteroatoms. The molecular weight excluding hydrogens is 576 g/mol. The Bertz CT molecular complexity index is 1010. The molecule has 3 rings (SSSR count). The Kier molecular flexibility index (Phi) is 23.3. The van der Waals surface area contributed by atoms with Gasteiger partial charge < -0.3 is 24.7 Å². The number of ether oxygens (including phenoxy) is 4. The summed E-state index contributed by atoms with van der Waals surface area (Å²) in [7, 11) is 0. The number of primary amides is 1. The van der Waals surface area contributed by atoms with Crippen molar-refractivity contribution in [2.45, 2.75) is 86.0 Å². The van der Waals surface area contributed by atoms with Crippen LogP contribution in [0.25, 0.3) is 0 Å². The number of nitrogens with one attached hydrogen (secondary N) is 1. The Labute approximate surface area is 270 Å². The van der Waals surface area contributed by atoms with E-state index in [0.29, 0.717) is 61.5 Å². The van der Waals surface area contributed by atoms with Gasteiger partial charge in [-0.1, -0.05) is 46.9 Å². The quantitative estimate of drug-likeness (QED) is 0.107. The van der Waals surface area contributed by atoms with Crippen LogP contribution in [0, 0.1) is 30.6 Å². The number of hydrogen-bond donors (Lipinski definition) is 2. The maximum atomic E-state index is 12.5.